The van der Waals surface area contributed by atoms with Gasteiger partial charge in [-0.2, -0.15) is 13.2 Å². The van der Waals surface area contributed by atoms with Crippen LogP contribution < -0.4 is 9.74 Å². The van der Waals surface area contributed by atoms with Crippen molar-refractivity contribution in [1.82, 2.24) is 14.5 Å². The first-order valence-corrected chi connectivity index (χ1v) is 10.5. The van der Waals surface area contributed by atoms with E-state index in [1.54, 1.807) is 6.07 Å². The number of rotatable bonds is 4. The van der Waals surface area contributed by atoms with Gasteiger partial charge in [0.15, 0.2) is 0 Å². The predicted octanol–water partition coefficient (Wildman–Crippen LogP) is 2.12. The molecule has 0 spiro atoms. The van der Waals surface area contributed by atoms with Crippen molar-refractivity contribution < 1.29 is 37.8 Å². The topological polar surface area (TPSA) is 90.6 Å². The first kappa shape index (κ1) is 23.1. The highest BCUT2D eigenvalue weighted by Gasteiger charge is 2.35. The van der Waals surface area contributed by atoms with E-state index in [0.717, 1.165) is 0 Å². The Morgan fingerprint density at radius 3 is 2.21 bits per heavy atom. The van der Waals surface area contributed by atoms with E-state index in [9.17, 15) is 28.2 Å². The van der Waals surface area contributed by atoms with E-state index in [-0.39, 0.29) is 25.2 Å². The monoisotopic (exact) mass is 470 g/mol. The molecule has 1 aromatic carbocycles. The van der Waals surface area contributed by atoms with Crippen molar-refractivity contribution in [2.45, 2.75) is 12.7 Å². The van der Waals surface area contributed by atoms with Crippen LogP contribution in [0.2, 0.25) is 0 Å². The van der Waals surface area contributed by atoms with Crippen LogP contribution in [0.3, 0.4) is 0 Å². The third-order valence-electron chi connectivity index (χ3n) is 5.77. The van der Waals surface area contributed by atoms with E-state index >= 15 is 0 Å². The number of aromatic nitrogens is 1. The molecule has 2 fully saturated rings. The van der Waals surface area contributed by atoms with Crippen LogP contribution in [0.25, 0.3) is 0 Å². The summed E-state index contributed by atoms with van der Waals surface area (Å²) in [5, 5.41) is 19.2. The first-order valence-electron chi connectivity index (χ1n) is 10.5. The highest BCUT2D eigenvalue weighted by Crippen LogP contribution is 2.35. The van der Waals surface area contributed by atoms with E-state index in [4.69, 9.17) is 9.57 Å². The average molecular weight is 470 g/mol. The van der Waals surface area contributed by atoms with Crippen molar-refractivity contribution in [2.24, 2.45) is 0 Å². The van der Waals surface area contributed by atoms with Gasteiger partial charge in [-0.25, -0.2) is 4.79 Å². The van der Waals surface area contributed by atoms with Crippen LogP contribution in [0.1, 0.15) is 11.1 Å². The number of nitrogens with zero attached hydrogens (tertiary/aromatic N) is 4. The number of anilines is 1. The molecule has 1 amide bonds. The van der Waals surface area contributed by atoms with Crippen molar-refractivity contribution in [3.05, 3.63) is 41.5 Å². The van der Waals surface area contributed by atoms with Gasteiger partial charge in [-0.05, 0) is 17.7 Å². The minimum atomic E-state index is -4.48. The molecule has 1 aromatic heterocycles. The van der Waals surface area contributed by atoms with Crippen molar-refractivity contribution >= 4 is 11.8 Å². The van der Waals surface area contributed by atoms with Gasteiger partial charge in [0.05, 0.1) is 18.8 Å². The van der Waals surface area contributed by atoms with Crippen molar-refractivity contribution in [3.8, 4) is 11.8 Å². The normalized spacial score (nSPS) is 17.9. The van der Waals surface area contributed by atoms with Crippen LogP contribution in [0.15, 0.2) is 30.3 Å². The minimum Gasteiger partial charge on any atom is -0.492 e. The second-order valence-corrected chi connectivity index (χ2v) is 7.90. The van der Waals surface area contributed by atoms with Crippen LogP contribution in [0, 0.1) is 0 Å². The maximum absolute atomic E-state index is 13.8. The lowest BCUT2D eigenvalue weighted by atomic mass is 10.0. The number of hydrogen-bond acceptors (Lipinski definition) is 7. The van der Waals surface area contributed by atoms with Crippen LogP contribution in [-0.2, 0) is 17.5 Å². The Bertz CT molecular complexity index is 963. The number of piperazine rings is 1. The molecular formula is C21H25F3N4O5. The smallest absolute Gasteiger partial charge is 0.434 e. The lowest BCUT2D eigenvalue weighted by molar-refractivity contribution is -0.138. The third kappa shape index (κ3) is 5.28. The lowest BCUT2D eigenvalue weighted by Crippen LogP contribution is -2.50. The molecule has 12 heteroatoms. The maximum atomic E-state index is 13.8. The van der Waals surface area contributed by atoms with Gasteiger partial charge in [0.25, 0.3) is 0 Å². The zero-order chi connectivity index (χ0) is 23.6. The molecule has 2 aliphatic rings. The molecule has 2 aliphatic heterocycles. The molecule has 9 nitrogen and oxygen atoms in total. The Morgan fingerprint density at radius 1 is 0.970 bits per heavy atom. The summed E-state index contributed by atoms with van der Waals surface area (Å²) in [6, 6.07) is 6.77. The second-order valence-electron chi connectivity index (χ2n) is 7.90. The molecule has 0 saturated carbocycles. The zero-order valence-electron chi connectivity index (χ0n) is 17.8. The zero-order valence-corrected chi connectivity index (χ0v) is 17.8. The number of carbonyl (C=O) groups excluding carboxylic acids is 1. The number of halogens is 3. The number of carbonyl (C=O) groups is 1. The van der Waals surface area contributed by atoms with Crippen LogP contribution in [0.4, 0.5) is 23.7 Å². The summed E-state index contributed by atoms with van der Waals surface area (Å²) in [6.45, 7) is 3.33. The molecular weight excluding hydrogens is 445 g/mol. The molecule has 2 saturated heterocycles. The number of ether oxygens (including phenoxy) is 1. The van der Waals surface area contributed by atoms with Gasteiger partial charge in [0.2, 0.25) is 11.8 Å². The fourth-order valence-corrected chi connectivity index (χ4v) is 3.95. The summed E-state index contributed by atoms with van der Waals surface area (Å²) in [7, 11) is 0. The Balaban J connectivity index is 1.39. The summed E-state index contributed by atoms with van der Waals surface area (Å²) < 4.78 is 47.2. The van der Waals surface area contributed by atoms with Crippen molar-refractivity contribution in [2.75, 3.05) is 57.4 Å². The van der Waals surface area contributed by atoms with E-state index < -0.39 is 29.6 Å². The van der Waals surface area contributed by atoms with E-state index in [2.05, 4.69) is 0 Å². The fraction of sp³-hybridized carbons (Fsp3) is 0.476. The molecule has 0 bridgehead atoms. The largest absolute Gasteiger partial charge is 0.492 e. The van der Waals surface area contributed by atoms with E-state index in [1.807, 2.05) is 9.80 Å². The third-order valence-corrected chi connectivity index (χ3v) is 5.77. The molecule has 0 aliphatic carbocycles. The average Bonchev–Trinajstić information content (AvgIpc) is 3.11. The Kier molecular flexibility index (Phi) is 6.56. The molecule has 2 aromatic rings. The van der Waals surface area contributed by atoms with Gasteiger partial charge in [-0.1, -0.05) is 6.07 Å². The molecule has 0 atom stereocenters. The van der Waals surface area contributed by atoms with Crippen molar-refractivity contribution in [1.29, 1.82) is 0 Å². The number of hydrogen-bond donors (Lipinski definition) is 2. The van der Waals surface area contributed by atoms with Crippen LogP contribution >= 0.6 is 0 Å². The maximum Gasteiger partial charge on any atom is 0.434 e. The van der Waals surface area contributed by atoms with Gasteiger partial charge in [-0.15, -0.1) is 4.73 Å². The minimum absolute atomic E-state index is 0.0975. The van der Waals surface area contributed by atoms with Crippen molar-refractivity contribution in [3.63, 3.8) is 0 Å². The summed E-state index contributed by atoms with van der Waals surface area (Å²) in [6.07, 6.45) is -5.26. The van der Waals surface area contributed by atoms with Crippen LogP contribution in [0.5, 0.6) is 11.8 Å². The lowest BCUT2D eigenvalue weighted by Gasteiger charge is -2.34. The van der Waals surface area contributed by atoms with Gasteiger partial charge in [-0.3, -0.25) is 4.90 Å². The van der Waals surface area contributed by atoms with Gasteiger partial charge < -0.3 is 29.6 Å². The molecule has 33 heavy (non-hydrogen) atoms. The van der Waals surface area contributed by atoms with Gasteiger partial charge in [0, 0.05) is 63.6 Å². The highest BCUT2D eigenvalue weighted by molar-refractivity contribution is 5.68. The molecule has 2 N–H and O–H groups in total. The number of benzene rings is 1. The van der Waals surface area contributed by atoms with Gasteiger partial charge >= 0.3 is 12.3 Å². The Morgan fingerprint density at radius 2 is 1.61 bits per heavy atom. The summed E-state index contributed by atoms with van der Waals surface area (Å²) in [4.78, 5) is 22.3. The van der Waals surface area contributed by atoms with E-state index in [1.165, 1.54) is 29.2 Å². The fourth-order valence-electron chi connectivity index (χ4n) is 3.95. The molecule has 0 unspecified atom stereocenters. The molecule has 4 rings (SSSR count). The summed E-state index contributed by atoms with van der Waals surface area (Å²) >= 11 is 0. The summed E-state index contributed by atoms with van der Waals surface area (Å²) in [5.74, 6) is -0.862. The SMILES string of the molecule is O=C(On1c(O)ccc1O)N1CCN(Cc2ccc(N3CCOCC3)cc2C(F)(F)F)CC1. The van der Waals surface area contributed by atoms with Crippen LogP contribution in [-0.4, -0.2) is 83.3 Å². The molecule has 180 valence electrons. The highest BCUT2D eigenvalue weighted by atomic mass is 19.4. The Hall–Kier alpha value is -3.12. The quantitative estimate of drug-likeness (QED) is 0.708. The number of alkyl halides is 3. The standard InChI is InChI=1S/C21H25F3N4O5/c22-21(23,24)17-13-16(26-9-11-32-12-10-26)2-1-15(17)14-25-5-7-27(8-6-25)20(31)33-28-18(29)3-4-19(28)30/h1-4,13,29-30H,5-12,14H2. The number of morpholine rings is 1. The number of amides is 1. The first-order chi connectivity index (χ1) is 15.7. The Labute approximate surface area is 188 Å². The predicted molar refractivity (Wildman–Crippen MR) is 111 cm³/mol. The van der Waals surface area contributed by atoms with Gasteiger partial charge in [0.1, 0.15) is 0 Å². The molecule has 3 heterocycles. The number of aromatic hydroxyl groups is 2. The second kappa shape index (κ2) is 9.40. The summed E-state index contributed by atoms with van der Waals surface area (Å²) in [5.41, 5.74) is 0.0445. The van der Waals surface area contributed by atoms with E-state index in [0.29, 0.717) is 49.8 Å². The molecule has 0 radical (unpaired) electrons.